The normalized spacial score (nSPS) is 10.2. The number of nitrogens with zero attached hydrogens (tertiary/aromatic N) is 1. The first kappa shape index (κ1) is 14.9. The number of methoxy groups -OCH3 is 1. The Balaban J connectivity index is 2.40. The molecule has 1 aromatic heterocycles. The van der Waals surface area contributed by atoms with Crippen LogP contribution in [-0.4, -0.2) is 31.3 Å². The maximum Gasteiger partial charge on any atom is 0.364 e. The molecule has 6 nitrogen and oxygen atoms in total. The highest BCUT2D eigenvalue weighted by molar-refractivity contribution is 5.90. The van der Waals surface area contributed by atoms with Gasteiger partial charge in [0.1, 0.15) is 5.75 Å². The molecule has 1 heterocycles. The summed E-state index contributed by atoms with van der Waals surface area (Å²) >= 11 is 0. The van der Waals surface area contributed by atoms with Crippen molar-refractivity contribution in [2.75, 3.05) is 20.3 Å². The van der Waals surface area contributed by atoms with Gasteiger partial charge in [0.25, 0.3) is 0 Å². The SMILES string of the molecule is CCOC(=O)c1nc(-c2cccc(OC)c2)oc1OCC. The van der Waals surface area contributed by atoms with E-state index < -0.39 is 5.97 Å². The van der Waals surface area contributed by atoms with E-state index in [0.29, 0.717) is 17.9 Å². The fourth-order valence-corrected chi connectivity index (χ4v) is 1.74. The monoisotopic (exact) mass is 291 g/mol. The maximum absolute atomic E-state index is 11.9. The summed E-state index contributed by atoms with van der Waals surface area (Å²) in [7, 11) is 1.57. The molecule has 0 aliphatic heterocycles. The fraction of sp³-hybridized carbons (Fsp3) is 0.333. The fourth-order valence-electron chi connectivity index (χ4n) is 1.74. The Morgan fingerprint density at radius 1 is 1.29 bits per heavy atom. The largest absolute Gasteiger partial charge is 0.497 e. The van der Waals surface area contributed by atoms with Gasteiger partial charge in [-0.1, -0.05) is 6.07 Å². The zero-order valence-electron chi connectivity index (χ0n) is 12.2. The zero-order valence-corrected chi connectivity index (χ0v) is 12.2. The number of esters is 1. The molecule has 0 aliphatic rings. The molecule has 1 aromatic carbocycles. The first-order chi connectivity index (χ1) is 10.2. The number of carbonyl (C=O) groups excluding carboxylic acids is 1. The van der Waals surface area contributed by atoms with E-state index in [-0.39, 0.29) is 24.1 Å². The van der Waals surface area contributed by atoms with Crippen LogP contribution in [0.15, 0.2) is 28.7 Å². The van der Waals surface area contributed by atoms with Gasteiger partial charge in [-0.15, -0.1) is 0 Å². The molecule has 112 valence electrons. The first-order valence-corrected chi connectivity index (χ1v) is 6.64. The minimum absolute atomic E-state index is 0.0384. The molecule has 0 spiro atoms. The highest BCUT2D eigenvalue weighted by Crippen LogP contribution is 2.29. The quantitative estimate of drug-likeness (QED) is 0.762. The summed E-state index contributed by atoms with van der Waals surface area (Å²) in [6, 6.07) is 7.18. The van der Waals surface area contributed by atoms with Gasteiger partial charge in [0.2, 0.25) is 11.6 Å². The van der Waals surface area contributed by atoms with Crippen molar-refractivity contribution in [3.05, 3.63) is 30.0 Å². The van der Waals surface area contributed by atoms with Crippen LogP contribution in [0.25, 0.3) is 11.5 Å². The number of benzene rings is 1. The van der Waals surface area contributed by atoms with Crippen LogP contribution in [0.5, 0.6) is 11.7 Å². The lowest BCUT2D eigenvalue weighted by atomic mass is 10.2. The molecular weight excluding hydrogens is 274 g/mol. The van der Waals surface area contributed by atoms with Gasteiger partial charge >= 0.3 is 11.9 Å². The Hall–Kier alpha value is -2.50. The molecule has 0 radical (unpaired) electrons. The summed E-state index contributed by atoms with van der Waals surface area (Å²) < 4.78 is 20.9. The van der Waals surface area contributed by atoms with Gasteiger partial charge in [0, 0.05) is 5.56 Å². The number of hydrogen-bond donors (Lipinski definition) is 0. The average molecular weight is 291 g/mol. The van der Waals surface area contributed by atoms with E-state index in [9.17, 15) is 4.79 Å². The Labute approximate surface area is 122 Å². The van der Waals surface area contributed by atoms with Gasteiger partial charge in [0.15, 0.2) is 0 Å². The summed E-state index contributed by atoms with van der Waals surface area (Å²) in [4.78, 5) is 16.0. The van der Waals surface area contributed by atoms with Crippen molar-refractivity contribution in [1.29, 1.82) is 0 Å². The van der Waals surface area contributed by atoms with Crippen LogP contribution in [0.4, 0.5) is 0 Å². The average Bonchev–Trinajstić information content (AvgIpc) is 2.92. The second-order valence-electron chi connectivity index (χ2n) is 4.04. The number of oxazole rings is 1. The third kappa shape index (κ3) is 3.34. The van der Waals surface area contributed by atoms with Crippen molar-refractivity contribution in [1.82, 2.24) is 4.98 Å². The molecule has 0 saturated carbocycles. The third-order valence-corrected chi connectivity index (χ3v) is 2.66. The number of carbonyl (C=O) groups is 1. The predicted octanol–water partition coefficient (Wildman–Crippen LogP) is 2.93. The van der Waals surface area contributed by atoms with Crippen molar-refractivity contribution < 1.29 is 23.4 Å². The highest BCUT2D eigenvalue weighted by atomic mass is 16.6. The van der Waals surface area contributed by atoms with Crippen LogP contribution in [-0.2, 0) is 4.74 Å². The van der Waals surface area contributed by atoms with Crippen molar-refractivity contribution in [3.8, 4) is 23.1 Å². The Kier molecular flexibility index (Phi) is 4.81. The van der Waals surface area contributed by atoms with Crippen LogP contribution < -0.4 is 9.47 Å². The molecule has 0 unspecified atom stereocenters. The lowest BCUT2D eigenvalue weighted by molar-refractivity contribution is 0.0512. The van der Waals surface area contributed by atoms with E-state index in [1.165, 1.54) is 0 Å². The molecule has 0 amide bonds. The topological polar surface area (TPSA) is 70.8 Å². The molecule has 0 fully saturated rings. The van der Waals surface area contributed by atoms with Crippen molar-refractivity contribution in [2.24, 2.45) is 0 Å². The minimum Gasteiger partial charge on any atom is -0.497 e. The molecule has 0 aliphatic carbocycles. The smallest absolute Gasteiger partial charge is 0.364 e. The Morgan fingerprint density at radius 2 is 2.10 bits per heavy atom. The summed E-state index contributed by atoms with van der Waals surface area (Å²) in [5.74, 6) is 0.439. The number of ether oxygens (including phenoxy) is 3. The van der Waals surface area contributed by atoms with E-state index in [1.807, 2.05) is 12.1 Å². The second kappa shape index (κ2) is 6.78. The summed E-state index contributed by atoms with van der Waals surface area (Å²) in [5, 5.41) is 0. The molecule has 2 aromatic rings. The maximum atomic E-state index is 11.9. The molecule has 0 bridgehead atoms. The van der Waals surface area contributed by atoms with Crippen molar-refractivity contribution in [2.45, 2.75) is 13.8 Å². The highest BCUT2D eigenvalue weighted by Gasteiger charge is 2.23. The minimum atomic E-state index is -0.571. The molecule has 21 heavy (non-hydrogen) atoms. The van der Waals surface area contributed by atoms with Crippen molar-refractivity contribution >= 4 is 5.97 Å². The van der Waals surface area contributed by atoms with Gasteiger partial charge in [-0.3, -0.25) is 0 Å². The molecule has 0 saturated heterocycles. The zero-order chi connectivity index (χ0) is 15.2. The number of rotatable bonds is 6. The number of aromatic nitrogens is 1. The Morgan fingerprint density at radius 3 is 2.76 bits per heavy atom. The van der Waals surface area contributed by atoms with Gasteiger partial charge in [-0.25, -0.2) is 4.79 Å². The van der Waals surface area contributed by atoms with Gasteiger partial charge in [-0.05, 0) is 32.0 Å². The molecule has 0 atom stereocenters. The van der Waals surface area contributed by atoms with E-state index in [4.69, 9.17) is 18.6 Å². The van der Waals surface area contributed by atoms with Gasteiger partial charge in [0.05, 0.1) is 20.3 Å². The van der Waals surface area contributed by atoms with Gasteiger partial charge in [-0.2, -0.15) is 4.98 Å². The third-order valence-electron chi connectivity index (χ3n) is 2.66. The summed E-state index contributed by atoms with van der Waals surface area (Å²) in [5.41, 5.74) is 0.724. The van der Waals surface area contributed by atoms with E-state index in [1.54, 1.807) is 33.1 Å². The molecule has 0 N–H and O–H groups in total. The lowest BCUT2D eigenvalue weighted by Gasteiger charge is -2.01. The van der Waals surface area contributed by atoms with E-state index >= 15 is 0 Å². The van der Waals surface area contributed by atoms with Crippen molar-refractivity contribution in [3.63, 3.8) is 0 Å². The summed E-state index contributed by atoms with van der Waals surface area (Å²) in [6.45, 7) is 4.13. The molecule has 6 heteroatoms. The molecular formula is C15H17NO5. The van der Waals surface area contributed by atoms with Gasteiger partial charge < -0.3 is 18.6 Å². The van der Waals surface area contributed by atoms with Crippen LogP contribution >= 0.6 is 0 Å². The lowest BCUT2D eigenvalue weighted by Crippen LogP contribution is -2.07. The van der Waals surface area contributed by atoms with E-state index in [2.05, 4.69) is 4.98 Å². The first-order valence-electron chi connectivity index (χ1n) is 6.64. The van der Waals surface area contributed by atoms with Crippen LogP contribution in [0.2, 0.25) is 0 Å². The predicted molar refractivity (Wildman–Crippen MR) is 75.6 cm³/mol. The van der Waals surface area contributed by atoms with E-state index in [0.717, 1.165) is 0 Å². The number of hydrogen-bond acceptors (Lipinski definition) is 6. The van der Waals surface area contributed by atoms with Crippen LogP contribution in [0, 0.1) is 0 Å². The second-order valence-corrected chi connectivity index (χ2v) is 4.04. The van der Waals surface area contributed by atoms with Crippen LogP contribution in [0.1, 0.15) is 24.3 Å². The standard InChI is InChI=1S/C15H17NO5/c1-4-19-14(17)12-15(20-5-2)21-13(16-12)10-7-6-8-11(9-10)18-3/h6-9H,4-5H2,1-3H3. The van der Waals surface area contributed by atoms with Crippen LogP contribution in [0.3, 0.4) is 0 Å². The Bertz CT molecular complexity index is 620. The summed E-state index contributed by atoms with van der Waals surface area (Å²) in [6.07, 6.45) is 0. The molecule has 2 rings (SSSR count).